The number of hydrogen-bond acceptors (Lipinski definition) is 8. The van der Waals surface area contributed by atoms with Crippen LogP contribution in [0.2, 0.25) is 0 Å². The Bertz CT molecular complexity index is 555. The van der Waals surface area contributed by atoms with E-state index in [9.17, 15) is 34.5 Å². The lowest BCUT2D eigenvalue weighted by Crippen LogP contribution is -2.59. The molecule has 12 nitrogen and oxygen atoms in total. The Morgan fingerprint density at radius 1 is 0.821 bits per heavy atom. The first kappa shape index (κ1) is 25.7. The van der Waals surface area contributed by atoms with Crippen LogP contribution in [0.25, 0.3) is 0 Å². The molecule has 3 amide bonds. The Hall–Kier alpha value is -2.28. The molecule has 0 aromatic carbocycles. The molecule has 12 heteroatoms. The van der Waals surface area contributed by atoms with Crippen molar-refractivity contribution in [3.8, 4) is 0 Å². The fourth-order valence-corrected chi connectivity index (χ4v) is 2.11. The maximum absolute atomic E-state index is 12.2. The first-order valence-corrected chi connectivity index (χ1v) is 8.73. The zero-order valence-corrected chi connectivity index (χ0v) is 16.1. The smallest absolute Gasteiger partial charge is 0.326 e. The summed E-state index contributed by atoms with van der Waals surface area (Å²) >= 11 is 0. The van der Waals surface area contributed by atoms with Gasteiger partial charge in [-0.3, -0.25) is 14.4 Å². The van der Waals surface area contributed by atoms with Crippen LogP contribution in [0, 0.1) is 5.92 Å². The Kier molecular flexibility index (Phi) is 11.2. The molecule has 0 bridgehead atoms. The highest BCUT2D eigenvalue weighted by atomic mass is 16.4. The van der Waals surface area contributed by atoms with Gasteiger partial charge in [0.1, 0.15) is 24.2 Å². The molecule has 5 atom stereocenters. The number of carboxylic acids is 1. The van der Waals surface area contributed by atoms with Gasteiger partial charge in [-0.2, -0.15) is 0 Å². The Labute approximate surface area is 162 Å². The van der Waals surface area contributed by atoms with Crippen LogP contribution in [-0.2, 0) is 19.2 Å². The maximum Gasteiger partial charge on any atom is 0.326 e. The van der Waals surface area contributed by atoms with Gasteiger partial charge in [0.25, 0.3) is 0 Å². The minimum atomic E-state index is -1.50. The second kappa shape index (κ2) is 12.2. The summed E-state index contributed by atoms with van der Waals surface area (Å²) in [6, 6.07) is -5.55. The van der Waals surface area contributed by atoms with E-state index in [4.69, 9.17) is 10.8 Å². The molecule has 0 aliphatic carbocycles. The standard InChI is InChI=1S/C16H30N4O8/c1-7(2)4-9(16(27)28)18-13(24)10(5-21)19-14(25)11(6-22)20-15(26)12(17)8(3)23/h7-12,21-23H,4-6,17H2,1-3H3,(H,18,24)(H,19,25)(H,20,26)(H,27,28). The monoisotopic (exact) mass is 406 g/mol. The number of aliphatic hydroxyl groups is 3. The fraction of sp³-hybridized carbons (Fsp3) is 0.750. The van der Waals surface area contributed by atoms with Crippen molar-refractivity contribution < 1.29 is 39.6 Å². The number of hydrogen-bond donors (Lipinski definition) is 8. The van der Waals surface area contributed by atoms with Crippen LogP contribution in [0.5, 0.6) is 0 Å². The molecule has 162 valence electrons. The van der Waals surface area contributed by atoms with E-state index in [1.165, 1.54) is 6.92 Å². The highest BCUT2D eigenvalue weighted by Gasteiger charge is 2.30. The van der Waals surface area contributed by atoms with Crippen LogP contribution >= 0.6 is 0 Å². The number of aliphatic carboxylic acids is 1. The van der Waals surface area contributed by atoms with E-state index in [1.807, 2.05) is 0 Å². The second-order valence-corrected chi connectivity index (χ2v) is 6.78. The lowest BCUT2D eigenvalue weighted by atomic mass is 10.0. The molecule has 28 heavy (non-hydrogen) atoms. The lowest BCUT2D eigenvalue weighted by molar-refractivity contribution is -0.143. The predicted molar refractivity (Wildman–Crippen MR) is 96.7 cm³/mol. The first-order chi connectivity index (χ1) is 12.9. The number of aliphatic hydroxyl groups excluding tert-OH is 3. The van der Waals surface area contributed by atoms with Crippen molar-refractivity contribution >= 4 is 23.7 Å². The van der Waals surface area contributed by atoms with Crippen LogP contribution < -0.4 is 21.7 Å². The SMILES string of the molecule is CC(C)CC(NC(=O)C(CO)NC(=O)C(CO)NC(=O)C(N)C(C)O)C(=O)O. The van der Waals surface area contributed by atoms with Crippen molar-refractivity contribution in [2.24, 2.45) is 11.7 Å². The Morgan fingerprint density at radius 3 is 1.54 bits per heavy atom. The summed E-state index contributed by atoms with van der Waals surface area (Å²) in [5, 5.41) is 43.5. The van der Waals surface area contributed by atoms with Crippen molar-refractivity contribution in [2.45, 2.75) is 57.5 Å². The topological polar surface area (TPSA) is 211 Å². The van der Waals surface area contributed by atoms with Gasteiger partial charge in [0, 0.05) is 0 Å². The zero-order valence-electron chi connectivity index (χ0n) is 16.1. The van der Waals surface area contributed by atoms with E-state index in [2.05, 4.69) is 16.0 Å². The van der Waals surface area contributed by atoms with Gasteiger partial charge in [0.15, 0.2) is 0 Å². The summed E-state index contributed by atoms with van der Waals surface area (Å²) in [6.07, 6.45) is -1.06. The van der Waals surface area contributed by atoms with Crippen LogP contribution in [0.3, 0.4) is 0 Å². The summed E-state index contributed by atoms with van der Waals surface area (Å²) in [6.45, 7) is 3.11. The number of carbonyl (C=O) groups excluding carboxylic acids is 3. The van der Waals surface area contributed by atoms with Gasteiger partial charge in [-0.25, -0.2) is 4.79 Å². The molecule has 0 saturated heterocycles. The molecule has 0 fully saturated rings. The van der Waals surface area contributed by atoms with Gasteiger partial charge >= 0.3 is 5.97 Å². The van der Waals surface area contributed by atoms with Crippen molar-refractivity contribution in [3.05, 3.63) is 0 Å². The van der Waals surface area contributed by atoms with Crippen LogP contribution in [-0.4, -0.2) is 87.6 Å². The number of nitrogens with one attached hydrogen (secondary N) is 3. The number of nitrogens with two attached hydrogens (primary N) is 1. The van der Waals surface area contributed by atoms with Gasteiger partial charge in [-0.05, 0) is 19.3 Å². The van der Waals surface area contributed by atoms with E-state index >= 15 is 0 Å². The first-order valence-electron chi connectivity index (χ1n) is 8.73. The van der Waals surface area contributed by atoms with Crippen molar-refractivity contribution in [3.63, 3.8) is 0 Å². The van der Waals surface area contributed by atoms with Gasteiger partial charge in [0.2, 0.25) is 17.7 Å². The number of carbonyl (C=O) groups is 4. The third-order valence-electron chi connectivity index (χ3n) is 3.78. The molecule has 0 saturated carbocycles. The van der Waals surface area contributed by atoms with Gasteiger partial charge in [0.05, 0.1) is 19.3 Å². The second-order valence-electron chi connectivity index (χ2n) is 6.78. The lowest BCUT2D eigenvalue weighted by Gasteiger charge is -2.24. The van der Waals surface area contributed by atoms with Crippen LogP contribution in [0.15, 0.2) is 0 Å². The number of rotatable bonds is 12. The van der Waals surface area contributed by atoms with Gasteiger partial charge in [-0.15, -0.1) is 0 Å². The Balaban J connectivity index is 5.00. The van der Waals surface area contributed by atoms with E-state index in [0.29, 0.717) is 0 Å². The summed E-state index contributed by atoms with van der Waals surface area (Å²) in [7, 11) is 0. The third-order valence-corrected chi connectivity index (χ3v) is 3.78. The largest absolute Gasteiger partial charge is 0.480 e. The summed E-state index contributed by atoms with van der Waals surface area (Å²) in [4.78, 5) is 47.4. The molecule has 0 spiro atoms. The summed E-state index contributed by atoms with van der Waals surface area (Å²) in [5.41, 5.74) is 5.43. The molecule has 0 radical (unpaired) electrons. The molecule has 0 heterocycles. The van der Waals surface area contributed by atoms with E-state index < -0.39 is 67.2 Å². The fourth-order valence-electron chi connectivity index (χ4n) is 2.11. The quantitative estimate of drug-likeness (QED) is 0.160. The van der Waals surface area contributed by atoms with E-state index in [0.717, 1.165) is 0 Å². The minimum absolute atomic E-state index is 0.0318. The van der Waals surface area contributed by atoms with Crippen molar-refractivity contribution in [1.82, 2.24) is 16.0 Å². The molecule has 0 rings (SSSR count). The molecule has 0 aliphatic heterocycles. The average Bonchev–Trinajstić information content (AvgIpc) is 2.61. The van der Waals surface area contributed by atoms with Crippen LogP contribution in [0.4, 0.5) is 0 Å². The van der Waals surface area contributed by atoms with E-state index in [1.54, 1.807) is 13.8 Å². The highest BCUT2D eigenvalue weighted by molar-refractivity contribution is 5.94. The molecule has 0 aliphatic rings. The van der Waals surface area contributed by atoms with Gasteiger partial charge in [-0.1, -0.05) is 13.8 Å². The van der Waals surface area contributed by atoms with Crippen LogP contribution in [0.1, 0.15) is 27.2 Å². The average molecular weight is 406 g/mol. The molecule has 9 N–H and O–H groups in total. The number of amides is 3. The molecular weight excluding hydrogens is 376 g/mol. The molecule has 0 aromatic heterocycles. The predicted octanol–water partition coefficient (Wildman–Crippen LogP) is -3.74. The summed E-state index contributed by atoms with van der Waals surface area (Å²) < 4.78 is 0. The minimum Gasteiger partial charge on any atom is -0.480 e. The normalized spacial score (nSPS) is 16.4. The number of carboxylic acid groups (broad SMARTS) is 1. The maximum atomic E-state index is 12.2. The zero-order chi connectivity index (χ0) is 22.0. The van der Waals surface area contributed by atoms with E-state index in [-0.39, 0.29) is 12.3 Å². The molecule has 0 aromatic rings. The van der Waals surface area contributed by atoms with Crippen molar-refractivity contribution in [2.75, 3.05) is 13.2 Å². The van der Waals surface area contributed by atoms with Gasteiger partial charge < -0.3 is 42.1 Å². The third kappa shape index (κ3) is 8.61. The molecule has 5 unspecified atom stereocenters. The Morgan fingerprint density at radius 2 is 1.21 bits per heavy atom. The highest BCUT2D eigenvalue weighted by Crippen LogP contribution is 2.05. The molecular formula is C16H30N4O8. The van der Waals surface area contributed by atoms with Crippen molar-refractivity contribution in [1.29, 1.82) is 0 Å². The summed E-state index contributed by atoms with van der Waals surface area (Å²) in [5.74, 6) is -4.14.